The molecule has 1 aliphatic heterocycles. The van der Waals surface area contributed by atoms with Gasteiger partial charge in [-0.05, 0) is 37.5 Å². The van der Waals surface area contributed by atoms with E-state index in [0.717, 1.165) is 31.2 Å². The van der Waals surface area contributed by atoms with Crippen LogP contribution in [-0.2, 0) is 6.54 Å². The van der Waals surface area contributed by atoms with E-state index in [1.807, 2.05) is 6.07 Å². The minimum atomic E-state index is -0.262. The number of guanidine groups is 1. The van der Waals surface area contributed by atoms with Crippen LogP contribution >= 0.6 is 24.0 Å². The third kappa shape index (κ3) is 4.46. The first-order valence-corrected chi connectivity index (χ1v) is 8.08. The Morgan fingerprint density at radius 2 is 2.12 bits per heavy atom. The van der Waals surface area contributed by atoms with Gasteiger partial charge in [-0.1, -0.05) is 6.07 Å². The molecular weight excluding hydrogens is 420 g/mol. The maximum atomic E-state index is 14.3. The highest BCUT2D eigenvalue weighted by molar-refractivity contribution is 14.0. The summed E-state index contributed by atoms with van der Waals surface area (Å²) in [6.07, 6.45) is 7.37. The van der Waals surface area contributed by atoms with Crippen molar-refractivity contribution >= 4 is 29.9 Å². The second-order valence-electron chi connectivity index (χ2n) is 5.62. The number of likely N-dealkylation sites (tertiary alicyclic amines) is 1. The predicted molar refractivity (Wildman–Crippen MR) is 105 cm³/mol. The molecule has 1 N–H and O–H groups in total. The smallest absolute Gasteiger partial charge is 0.194 e. The summed E-state index contributed by atoms with van der Waals surface area (Å²) >= 11 is 0. The van der Waals surface area contributed by atoms with Gasteiger partial charge in [0.15, 0.2) is 5.96 Å². The SMILES string of the molecule is CCNC(=NCc1ccc(-n2ccnc2)c(F)c1)N1CCCC1.I. The van der Waals surface area contributed by atoms with Gasteiger partial charge in [-0.2, -0.15) is 0 Å². The summed E-state index contributed by atoms with van der Waals surface area (Å²) < 4.78 is 15.9. The molecule has 24 heavy (non-hydrogen) atoms. The van der Waals surface area contributed by atoms with Gasteiger partial charge in [0.25, 0.3) is 0 Å². The van der Waals surface area contributed by atoms with Crippen LogP contribution in [0.5, 0.6) is 0 Å². The number of imidazole rings is 1. The topological polar surface area (TPSA) is 45.5 Å². The zero-order valence-corrected chi connectivity index (χ0v) is 16.1. The van der Waals surface area contributed by atoms with Gasteiger partial charge in [-0.25, -0.2) is 14.4 Å². The molecule has 1 saturated heterocycles. The van der Waals surface area contributed by atoms with Crippen molar-refractivity contribution in [2.24, 2.45) is 4.99 Å². The standard InChI is InChI=1S/C17H22FN5.HI/c1-2-20-17(22-8-3-4-9-22)21-12-14-5-6-16(15(18)11-14)23-10-7-19-13-23;/h5-7,10-11,13H,2-4,8-9,12H2,1H3,(H,20,21);1H. The van der Waals surface area contributed by atoms with E-state index in [0.29, 0.717) is 12.2 Å². The van der Waals surface area contributed by atoms with Gasteiger partial charge < -0.3 is 14.8 Å². The van der Waals surface area contributed by atoms with Gasteiger partial charge >= 0.3 is 0 Å². The Labute approximate surface area is 159 Å². The normalized spacial score (nSPS) is 14.6. The van der Waals surface area contributed by atoms with E-state index < -0.39 is 0 Å². The van der Waals surface area contributed by atoms with E-state index in [4.69, 9.17) is 0 Å². The molecule has 2 heterocycles. The van der Waals surface area contributed by atoms with E-state index >= 15 is 0 Å². The Morgan fingerprint density at radius 1 is 1.33 bits per heavy atom. The number of hydrogen-bond donors (Lipinski definition) is 1. The van der Waals surface area contributed by atoms with Crippen molar-refractivity contribution < 1.29 is 4.39 Å². The lowest BCUT2D eigenvalue weighted by Gasteiger charge is -2.20. The summed E-state index contributed by atoms with van der Waals surface area (Å²) in [6, 6.07) is 5.23. The summed E-state index contributed by atoms with van der Waals surface area (Å²) in [5, 5.41) is 3.31. The summed E-state index contributed by atoms with van der Waals surface area (Å²) in [6.45, 7) is 5.45. The Kier molecular flexibility index (Phi) is 7.01. The van der Waals surface area contributed by atoms with E-state index in [1.54, 1.807) is 35.4 Å². The molecule has 0 radical (unpaired) electrons. The van der Waals surface area contributed by atoms with Crippen LogP contribution in [0.4, 0.5) is 4.39 Å². The molecule has 2 aromatic rings. The Hall–Kier alpha value is -1.64. The largest absolute Gasteiger partial charge is 0.357 e. The van der Waals surface area contributed by atoms with E-state index in [-0.39, 0.29) is 29.8 Å². The van der Waals surface area contributed by atoms with Crippen molar-refractivity contribution in [1.82, 2.24) is 19.8 Å². The third-order valence-electron chi connectivity index (χ3n) is 3.95. The number of halogens is 2. The zero-order chi connectivity index (χ0) is 16.1. The monoisotopic (exact) mass is 443 g/mol. The van der Waals surface area contributed by atoms with Gasteiger partial charge in [0.1, 0.15) is 5.82 Å². The fraction of sp³-hybridized carbons (Fsp3) is 0.412. The van der Waals surface area contributed by atoms with Crippen LogP contribution < -0.4 is 5.32 Å². The molecule has 0 saturated carbocycles. The van der Waals surface area contributed by atoms with Crippen LogP contribution in [0, 0.1) is 5.82 Å². The highest BCUT2D eigenvalue weighted by Crippen LogP contribution is 2.16. The van der Waals surface area contributed by atoms with E-state index in [2.05, 4.69) is 27.1 Å². The maximum Gasteiger partial charge on any atom is 0.194 e. The van der Waals surface area contributed by atoms with Crippen LogP contribution in [0.3, 0.4) is 0 Å². The first-order valence-electron chi connectivity index (χ1n) is 8.08. The zero-order valence-electron chi connectivity index (χ0n) is 13.8. The molecule has 1 aliphatic rings. The first kappa shape index (κ1) is 18.7. The number of nitrogens with zero attached hydrogens (tertiary/aromatic N) is 4. The van der Waals surface area contributed by atoms with Crippen molar-refractivity contribution in [1.29, 1.82) is 0 Å². The summed E-state index contributed by atoms with van der Waals surface area (Å²) in [4.78, 5) is 10.9. The lowest BCUT2D eigenvalue weighted by atomic mass is 10.2. The second kappa shape index (κ2) is 9.00. The number of aromatic nitrogens is 2. The molecule has 7 heteroatoms. The van der Waals surface area contributed by atoms with Crippen LogP contribution in [0.25, 0.3) is 5.69 Å². The number of hydrogen-bond acceptors (Lipinski definition) is 2. The van der Waals surface area contributed by atoms with Gasteiger partial charge in [0.05, 0.1) is 18.6 Å². The molecule has 1 aromatic heterocycles. The van der Waals surface area contributed by atoms with Crippen molar-refractivity contribution in [2.45, 2.75) is 26.3 Å². The minimum Gasteiger partial charge on any atom is -0.357 e. The Bertz CT molecular complexity index is 666. The fourth-order valence-corrected chi connectivity index (χ4v) is 2.78. The molecule has 0 aliphatic carbocycles. The van der Waals surface area contributed by atoms with Gasteiger partial charge in [-0.3, -0.25) is 0 Å². The van der Waals surface area contributed by atoms with Crippen LogP contribution in [0.1, 0.15) is 25.3 Å². The minimum absolute atomic E-state index is 0. The van der Waals surface area contributed by atoms with Crippen molar-refractivity contribution in [2.75, 3.05) is 19.6 Å². The molecule has 0 amide bonds. The second-order valence-corrected chi connectivity index (χ2v) is 5.62. The van der Waals surface area contributed by atoms with Crippen LogP contribution in [0.15, 0.2) is 41.9 Å². The average molecular weight is 443 g/mol. The highest BCUT2D eigenvalue weighted by atomic mass is 127. The van der Waals surface area contributed by atoms with Crippen LogP contribution in [0.2, 0.25) is 0 Å². The quantitative estimate of drug-likeness (QED) is 0.449. The van der Waals surface area contributed by atoms with Gasteiger partial charge in [-0.15, -0.1) is 24.0 Å². The van der Waals surface area contributed by atoms with Crippen molar-refractivity contribution in [3.05, 3.63) is 48.3 Å². The molecule has 0 bridgehead atoms. The fourth-order valence-electron chi connectivity index (χ4n) is 2.78. The molecule has 0 unspecified atom stereocenters. The number of nitrogens with one attached hydrogen (secondary N) is 1. The molecule has 1 fully saturated rings. The summed E-state index contributed by atoms with van der Waals surface area (Å²) in [7, 11) is 0. The van der Waals surface area contributed by atoms with E-state index in [9.17, 15) is 4.39 Å². The first-order chi connectivity index (χ1) is 11.3. The predicted octanol–water partition coefficient (Wildman–Crippen LogP) is 3.19. The van der Waals surface area contributed by atoms with Gasteiger partial charge in [0, 0.05) is 32.0 Å². The molecule has 1 aromatic carbocycles. The molecule has 130 valence electrons. The van der Waals surface area contributed by atoms with Gasteiger partial charge in [0.2, 0.25) is 0 Å². The number of benzene rings is 1. The summed E-state index contributed by atoms with van der Waals surface area (Å²) in [5.74, 6) is 0.658. The third-order valence-corrected chi connectivity index (χ3v) is 3.95. The lowest BCUT2D eigenvalue weighted by molar-refractivity contribution is 0.493. The number of aliphatic imine (C=N–C) groups is 1. The average Bonchev–Trinajstić information content (AvgIpc) is 3.24. The number of rotatable bonds is 4. The molecule has 0 atom stereocenters. The lowest BCUT2D eigenvalue weighted by Crippen LogP contribution is -2.39. The Morgan fingerprint density at radius 3 is 2.75 bits per heavy atom. The molecule has 0 spiro atoms. The Balaban J connectivity index is 0.00000208. The molecule has 5 nitrogen and oxygen atoms in total. The van der Waals surface area contributed by atoms with Crippen molar-refractivity contribution in [3.8, 4) is 5.69 Å². The summed E-state index contributed by atoms with van der Waals surface area (Å²) in [5.41, 5.74) is 1.36. The van der Waals surface area contributed by atoms with Crippen LogP contribution in [-0.4, -0.2) is 40.0 Å². The van der Waals surface area contributed by atoms with E-state index in [1.165, 1.54) is 12.8 Å². The molecule has 3 rings (SSSR count). The molecular formula is C17H23FIN5. The highest BCUT2D eigenvalue weighted by Gasteiger charge is 2.15. The van der Waals surface area contributed by atoms with Crippen molar-refractivity contribution in [3.63, 3.8) is 0 Å². The maximum absolute atomic E-state index is 14.3.